The Morgan fingerprint density at radius 1 is 0.983 bits per heavy atom. The van der Waals surface area contributed by atoms with Crippen LogP contribution < -0.4 is 5.32 Å². The average Bonchev–Trinajstić information content (AvgIpc) is 3.68. The van der Waals surface area contributed by atoms with Crippen LogP contribution in [0.25, 0.3) is 0 Å². The van der Waals surface area contributed by atoms with Crippen LogP contribution in [0.2, 0.25) is 0 Å². The number of hydrogen-bond acceptors (Lipinski definition) is 10. The minimum atomic E-state index is -2.24. The van der Waals surface area contributed by atoms with E-state index in [0.717, 1.165) is 35.0 Å². The molecule has 1 aromatic rings. The molecular weight excluding hydrogens is 747 g/mol. The van der Waals surface area contributed by atoms with Crippen molar-refractivity contribution in [3.8, 4) is 11.8 Å². The third-order valence-corrected chi connectivity index (χ3v) is 19.2. The van der Waals surface area contributed by atoms with Gasteiger partial charge in [-0.15, -0.1) is 0 Å². The van der Waals surface area contributed by atoms with Gasteiger partial charge in [-0.25, -0.2) is 4.79 Å². The van der Waals surface area contributed by atoms with Crippen molar-refractivity contribution in [3.05, 3.63) is 70.8 Å². The lowest BCUT2D eigenvalue weighted by atomic mass is 9.30. The van der Waals surface area contributed by atoms with E-state index in [-0.39, 0.29) is 61.0 Å². The number of carbonyl (C=O) groups excluding carboxylic acids is 2. The Morgan fingerprint density at radius 2 is 1.81 bits per heavy atom. The van der Waals surface area contributed by atoms with Gasteiger partial charge in [0.15, 0.2) is 0 Å². The summed E-state index contributed by atoms with van der Waals surface area (Å²) in [6.45, 7) is 2.05. The molecular formula is C49H59NO9. The van der Waals surface area contributed by atoms with Gasteiger partial charge in [0.25, 0.3) is 0 Å². The highest BCUT2D eigenvalue weighted by Gasteiger charge is 2.88. The predicted octanol–water partition coefficient (Wildman–Crippen LogP) is 3.14. The van der Waals surface area contributed by atoms with Gasteiger partial charge >= 0.3 is 5.97 Å². The Balaban J connectivity index is 1.14. The van der Waals surface area contributed by atoms with Gasteiger partial charge in [0.05, 0.1) is 29.8 Å². The van der Waals surface area contributed by atoms with Crippen LogP contribution >= 0.6 is 0 Å². The molecule has 1 heterocycles. The third kappa shape index (κ3) is 4.53. The second-order valence-electron chi connectivity index (χ2n) is 20.8. The number of nitrogens with one attached hydrogen (secondary N) is 1. The van der Waals surface area contributed by atoms with Crippen molar-refractivity contribution in [2.75, 3.05) is 7.05 Å². The number of aliphatic hydroxyl groups is 6. The van der Waals surface area contributed by atoms with Gasteiger partial charge < -0.3 is 45.5 Å². The molecule has 10 heteroatoms. The van der Waals surface area contributed by atoms with Crippen LogP contribution in [0.4, 0.5) is 0 Å². The Kier molecular flexibility index (Phi) is 8.51. The lowest BCUT2D eigenvalue weighted by Crippen LogP contribution is -2.88. The maximum atomic E-state index is 14.4. The highest BCUT2D eigenvalue weighted by molar-refractivity contribution is 5.86. The summed E-state index contributed by atoms with van der Waals surface area (Å²) >= 11 is 0. The minimum absolute atomic E-state index is 0.0279. The molecule has 6 fully saturated rings. The fourth-order valence-electron chi connectivity index (χ4n) is 17.2. The molecule has 20 unspecified atom stereocenters. The molecule has 0 radical (unpaired) electrons. The number of likely N-dealkylation sites (N-methyl/N-ethyl adjacent to an activating group) is 1. The first-order chi connectivity index (χ1) is 28.3. The van der Waals surface area contributed by atoms with Gasteiger partial charge in [-0.05, 0) is 129 Å². The molecule has 0 saturated heterocycles. The van der Waals surface area contributed by atoms with E-state index in [1.54, 1.807) is 6.08 Å². The molecule has 10 aliphatic carbocycles. The lowest BCUT2D eigenvalue weighted by molar-refractivity contribution is -0.390. The summed E-state index contributed by atoms with van der Waals surface area (Å²) in [7, 11) is 1.90. The van der Waals surface area contributed by atoms with Crippen LogP contribution in [0, 0.1) is 87.8 Å². The number of esters is 1. The normalized spacial score (nSPS) is 53.3. The van der Waals surface area contributed by atoms with Gasteiger partial charge in [0.2, 0.25) is 0 Å². The highest BCUT2D eigenvalue weighted by atomic mass is 16.5. The number of ether oxygens (including phenoxy) is 1. The first-order valence-corrected chi connectivity index (χ1v) is 22.5. The molecule has 1 aromatic carbocycles. The van der Waals surface area contributed by atoms with Crippen LogP contribution in [0.15, 0.2) is 54.2 Å². The number of rotatable bonds is 3. The minimum Gasteiger partial charge on any atom is -0.454 e. The van der Waals surface area contributed by atoms with Crippen molar-refractivity contribution < 1.29 is 45.0 Å². The van der Waals surface area contributed by atoms with E-state index in [4.69, 9.17) is 4.74 Å². The summed E-state index contributed by atoms with van der Waals surface area (Å²) in [6, 6.07) is 5.59. The molecule has 314 valence electrons. The number of hydrogen-bond donors (Lipinski definition) is 7. The Labute approximate surface area is 346 Å². The van der Waals surface area contributed by atoms with Gasteiger partial charge in [0, 0.05) is 53.2 Å². The van der Waals surface area contributed by atoms with Crippen LogP contribution in [-0.4, -0.2) is 91.1 Å². The summed E-state index contributed by atoms with van der Waals surface area (Å²) in [5, 5.41) is 81.6. The molecule has 7 N–H and O–H groups in total. The smallest absolute Gasteiger partial charge is 0.331 e. The first-order valence-electron chi connectivity index (χ1n) is 22.5. The highest BCUT2D eigenvalue weighted by Crippen LogP contribution is 2.80. The quantitative estimate of drug-likeness (QED) is 0.104. The SMILES string of the molecule is CNC1Cc2c(cccc2CO)C#CCCC23CC4C=CC5CC(O)C6CC7C=CCC(C)C7CC7C(O)C(O)(C4C5(C=O)C67O)C2(O)CC2CC1C1OC(=O)C=C1C23. The van der Waals surface area contributed by atoms with E-state index >= 15 is 0 Å². The van der Waals surface area contributed by atoms with Crippen molar-refractivity contribution >= 4 is 12.3 Å². The van der Waals surface area contributed by atoms with Gasteiger partial charge in [-0.1, -0.05) is 55.2 Å². The molecule has 1 aliphatic heterocycles. The zero-order valence-corrected chi connectivity index (χ0v) is 34.0. The lowest BCUT2D eigenvalue weighted by Gasteiger charge is -2.76. The summed E-state index contributed by atoms with van der Waals surface area (Å²) in [5.74, 6) is 2.05. The van der Waals surface area contributed by atoms with E-state index in [9.17, 15) is 40.2 Å². The van der Waals surface area contributed by atoms with Gasteiger partial charge in [-0.2, -0.15) is 0 Å². The summed E-state index contributed by atoms with van der Waals surface area (Å²) < 4.78 is 6.25. The zero-order valence-electron chi connectivity index (χ0n) is 34.0. The molecule has 10 nitrogen and oxygen atoms in total. The van der Waals surface area contributed by atoms with E-state index in [1.165, 1.54) is 0 Å². The summed E-state index contributed by atoms with van der Waals surface area (Å²) in [6.07, 6.45) is 12.0. The van der Waals surface area contributed by atoms with Crippen molar-refractivity contribution in [1.82, 2.24) is 5.32 Å². The molecule has 11 aliphatic rings. The van der Waals surface area contributed by atoms with Crippen LogP contribution in [-0.2, 0) is 27.4 Å². The topological polar surface area (TPSA) is 177 Å². The standard InChI is InChI=1S/C49H59NO9/c1-25-7-5-10-27-16-36-39(53)17-31-13-12-28-21-45-14-4-3-8-26-9-6-11-29(23-51)33(26)19-38(50-2)34-15-30(41(45)35-20-40(54)59-42(34)35)22-47(45,56)49(58)43(28)46(31,24-52)48(36,57)37(44(49)55)18-32(25)27/h5-6,9-13,20,24-25,27-28,30-32,34,36-39,41-44,50-51,53,55-58H,4,7,14-19,21-23H2,1-2H3. The fourth-order valence-corrected chi connectivity index (χ4v) is 17.2. The maximum Gasteiger partial charge on any atom is 0.331 e. The third-order valence-electron chi connectivity index (χ3n) is 19.2. The first kappa shape index (κ1) is 38.8. The Hall–Kier alpha value is -3.14. The number of aldehydes is 1. The second-order valence-corrected chi connectivity index (χ2v) is 20.8. The van der Waals surface area contributed by atoms with Crippen LogP contribution in [0.1, 0.15) is 81.4 Å². The van der Waals surface area contributed by atoms with E-state index in [1.807, 2.05) is 37.4 Å². The maximum absolute atomic E-state index is 14.4. The fraction of sp³-hybridized carbons (Fsp3) is 0.673. The largest absolute Gasteiger partial charge is 0.454 e. The number of allylic oxidation sites excluding steroid dienone is 4. The molecule has 4 bridgehead atoms. The van der Waals surface area contributed by atoms with E-state index in [0.29, 0.717) is 44.9 Å². The van der Waals surface area contributed by atoms with Crippen molar-refractivity contribution in [2.24, 2.45) is 75.9 Å². The molecule has 59 heavy (non-hydrogen) atoms. The summed E-state index contributed by atoms with van der Waals surface area (Å²) in [4.78, 5) is 28.0. The molecule has 6 saturated carbocycles. The van der Waals surface area contributed by atoms with Crippen LogP contribution in [0.5, 0.6) is 0 Å². The number of fused-ring (bicyclic) bond motifs is 5. The second kappa shape index (κ2) is 12.9. The van der Waals surface area contributed by atoms with Gasteiger partial charge in [0.1, 0.15) is 23.6 Å². The molecule has 12 rings (SSSR count). The number of benzene rings is 1. The van der Waals surface area contributed by atoms with Gasteiger partial charge in [-0.3, -0.25) is 0 Å². The predicted molar refractivity (Wildman–Crippen MR) is 215 cm³/mol. The molecule has 1 spiro atoms. The van der Waals surface area contributed by atoms with Crippen LogP contribution in [0.3, 0.4) is 0 Å². The summed E-state index contributed by atoms with van der Waals surface area (Å²) in [5.41, 5.74) is -5.30. The van der Waals surface area contributed by atoms with Crippen molar-refractivity contribution in [3.63, 3.8) is 0 Å². The average molecular weight is 806 g/mol. The number of carbonyl (C=O) groups is 2. The molecule has 0 aromatic heterocycles. The van der Waals surface area contributed by atoms with Crippen molar-refractivity contribution in [2.45, 2.75) is 119 Å². The Morgan fingerprint density at radius 3 is 2.59 bits per heavy atom. The molecule has 20 atom stereocenters. The Bertz CT molecular complexity index is 2140. The van der Waals surface area contributed by atoms with Crippen molar-refractivity contribution in [1.29, 1.82) is 0 Å². The monoisotopic (exact) mass is 805 g/mol. The number of aliphatic hydroxyl groups excluding tert-OH is 3. The zero-order chi connectivity index (χ0) is 41.0. The molecule has 0 amide bonds. The van der Waals surface area contributed by atoms with E-state index in [2.05, 4.69) is 36.2 Å². The van der Waals surface area contributed by atoms with E-state index < -0.39 is 81.5 Å².